The predicted molar refractivity (Wildman–Crippen MR) is 161 cm³/mol. The van der Waals surface area contributed by atoms with Crippen molar-refractivity contribution in [1.82, 2.24) is 0 Å². The first kappa shape index (κ1) is 30.5. The molecule has 0 radical (unpaired) electrons. The quantitative estimate of drug-likeness (QED) is 0.210. The zero-order chi connectivity index (χ0) is 28.5. The first-order valence-electron chi connectivity index (χ1n) is 14.6. The zero-order valence-corrected chi connectivity index (χ0v) is 24.9. The second-order valence-electron chi connectivity index (χ2n) is 11.9. The van der Waals surface area contributed by atoms with Crippen molar-refractivity contribution in [1.29, 1.82) is 0 Å². The molecule has 0 heterocycles. The van der Waals surface area contributed by atoms with Crippen LogP contribution in [-0.4, -0.2) is 30.1 Å². The largest absolute Gasteiger partial charge is 0.496 e. The molecule has 0 bridgehead atoms. The molecule has 6 heteroatoms. The van der Waals surface area contributed by atoms with Gasteiger partial charge in [0.2, 0.25) is 0 Å². The van der Waals surface area contributed by atoms with Crippen LogP contribution < -0.4 is 14.8 Å². The molecule has 0 saturated heterocycles. The third kappa shape index (κ3) is 9.29. The van der Waals surface area contributed by atoms with Gasteiger partial charge in [0.05, 0.1) is 25.3 Å². The minimum absolute atomic E-state index is 0.109. The van der Waals surface area contributed by atoms with Gasteiger partial charge in [0.1, 0.15) is 17.3 Å². The maximum Gasteiger partial charge on any atom is 0.307 e. The van der Waals surface area contributed by atoms with Crippen molar-refractivity contribution < 1.29 is 19.4 Å². The summed E-state index contributed by atoms with van der Waals surface area (Å²) in [5.74, 6) is 4.48. The van der Waals surface area contributed by atoms with Gasteiger partial charge in [-0.1, -0.05) is 27.2 Å². The Labute approximate surface area is 235 Å². The number of carboxylic acid groups (broad SMARTS) is 1. The first-order valence-corrected chi connectivity index (χ1v) is 14.6. The molecule has 2 aromatic carbocycles. The molecule has 39 heavy (non-hydrogen) atoms. The van der Waals surface area contributed by atoms with Crippen molar-refractivity contribution in [3.63, 3.8) is 0 Å². The monoisotopic (exact) mass is 536 g/mol. The zero-order valence-electron chi connectivity index (χ0n) is 24.9. The van der Waals surface area contributed by atoms with E-state index in [1.54, 1.807) is 7.11 Å². The smallest absolute Gasteiger partial charge is 0.307 e. The number of carboxylic acids is 1. The van der Waals surface area contributed by atoms with Crippen molar-refractivity contribution in [2.45, 2.75) is 92.6 Å². The number of carbonyl (C=O) groups is 1. The summed E-state index contributed by atoms with van der Waals surface area (Å²) < 4.78 is 11.3. The van der Waals surface area contributed by atoms with Crippen LogP contribution in [0.15, 0.2) is 41.4 Å². The van der Waals surface area contributed by atoms with E-state index in [2.05, 4.69) is 26.1 Å². The van der Waals surface area contributed by atoms with Crippen molar-refractivity contribution >= 4 is 23.2 Å². The minimum atomic E-state index is -0.893. The van der Waals surface area contributed by atoms with Gasteiger partial charge in [0.15, 0.2) is 0 Å². The maximum atomic E-state index is 11.5. The Morgan fingerprint density at radius 2 is 1.85 bits per heavy atom. The number of rotatable bonds is 12. The van der Waals surface area contributed by atoms with E-state index in [4.69, 9.17) is 14.5 Å². The summed E-state index contributed by atoms with van der Waals surface area (Å²) in [5, 5.41) is 13.0. The number of amidine groups is 1. The predicted octanol–water partition coefficient (Wildman–Crippen LogP) is 8.44. The van der Waals surface area contributed by atoms with Gasteiger partial charge in [-0.3, -0.25) is 4.79 Å². The lowest BCUT2D eigenvalue weighted by atomic mass is 9.68. The van der Waals surface area contributed by atoms with E-state index >= 15 is 0 Å². The molecule has 1 saturated carbocycles. The van der Waals surface area contributed by atoms with Crippen LogP contribution in [0, 0.1) is 30.6 Å². The van der Waals surface area contributed by atoms with E-state index in [0.29, 0.717) is 11.3 Å². The number of aliphatic carboxylic acids is 1. The average Bonchev–Trinajstić information content (AvgIpc) is 2.86. The van der Waals surface area contributed by atoms with E-state index in [-0.39, 0.29) is 12.5 Å². The number of methoxy groups -OCH3 is 1. The average molecular weight is 537 g/mol. The van der Waals surface area contributed by atoms with Crippen molar-refractivity contribution in [2.24, 2.45) is 28.7 Å². The van der Waals surface area contributed by atoms with E-state index in [1.165, 1.54) is 25.7 Å². The van der Waals surface area contributed by atoms with Gasteiger partial charge in [-0.05, 0) is 112 Å². The third-order valence-electron chi connectivity index (χ3n) is 7.86. The molecule has 0 aliphatic heterocycles. The maximum absolute atomic E-state index is 11.5. The summed E-state index contributed by atoms with van der Waals surface area (Å²) in [5.41, 5.74) is 3.29. The van der Waals surface area contributed by atoms with Crippen LogP contribution in [0.4, 0.5) is 11.4 Å². The molecule has 0 unspecified atom stereocenters. The van der Waals surface area contributed by atoms with Crippen molar-refractivity contribution in [3.05, 3.63) is 47.5 Å². The fraction of sp³-hybridized carbons (Fsp3) is 0.576. The lowest BCUT2D eigenvalue weighted by Gasteiger charge is -2.37. The summed E-state index contributed by atoms with van der Waals surface area (Å²) in [4.78, 5) is 16.5. The van der Waals surface area contributed by atoms with Crippen LogP contribution in [0.25, 0.3) is 0 Å². The molecule has 3 rings (SSSR count). The van der Waals surface area contributed by atoms with Gasteiger partial charge in [0, 0.05) is 17.7 Å². The highest BCUT2D eigenvalue weighted by Crippen LogP contribution is 2.40. The number of nitrogens with zero attached hydrogens (tertiary/aromatic N) is 1. The van der Waals surface area contributed by atoms with Crippen LogP contribution in [0.3, 0.4) is 0 Å². The summed E-state index contributed by atoms with van der Waals surface area (Å²) in [6, 6.07) is 11.7. The van der Waals surface area contributed by atoms with Crippen LogP contribution in [0.2, 0.25) is 0 Å². The summed E-state index contributed by atoms with van der Waals surface area (Å²) in [7, 11) is 1.57. The van der Waals surface area contributed by atoms with Crippen LogP contribution in [0.1, 0.15) is 84.3 Å². The lowest BCUT2D eigenvalue weighted by Crippen LogP contribution is -2.27. The number of hydrogen-bond donors (Lipinski definition) is 2. The highest BCUT2D eigenvalue weighted by Gasteiger charge is 2.30. The molecule has 3 atom stereocenters. The Kier molecular flexibility index (Phi) is 11.3. The third-order valence-corrected chi connectivity index (χ3v) is 7.86. The van der Waals surface area contributed by atoms with Gasteiger partial charge in [-0.2, -0.15) is 0 Å². The number of aliphatic imine (C=N–C) groups is 1. The Morgan fingerprint density at radius 3 is 2.46 bits per heavy atom. The number of ether oxygens (including phenoxy) is 2. The molecule has 0 aromatic heterocycles. The highest BCUT2D eigenvalue weighted by molar-refractivity contribution is 5.97. The highest BCUT2D eigenvalue weighted by atomic mass is 16.5. The van der Waals surface area contributed by atoms with Crippen LogP contribution in [0.5, 0.6) is 11.5 Å². The SMILES string of the molecule is COc1cc(C)c(N=C(CCC[C@@H]2C[C@H](C)CC[C@H]2C(C)C)Nc2ccc(OC(C)C)cc2)cc1CC(=O)O. The normalized spacial score (nSPS) is 19.8. The fourth-order valence-electron chi connectivity index (χ4n) is 5.94. The molecule has 2 aromatic rings. The Hall–Kier alpha value is -3.02. The van der Waals surface area contributed by atoms with Crippen LogP contribution in [-0.2, 0) is 11.2 Å². The van der Waals surface area contributed by atoms with E-state index in [9.17, 15) is 9.90 Å². The van der Waals surface area contributed by atoms with E-state index in [1.807, 2.05) is 57.2 Å². The topological polar surface area (TPSA) is 80.1 Å². The van der Waals surface area contributed by atoms with Crippen molar-refractivity contribution in [3.8, 4) is 11.5 Å². The lowest BCUT2D eigenvalue weighted by molar-refractivity contribution is -0.136. The van der Waals surface area contributed by atoms with Gasteiger partial charge in [-0.15, -0.1) is 0 Å². The first-order chi connectivity index (χ1) is 18.5. The number of hydrogen-bond acceptors (Lipinski definition) is 4. The molecule has 214 valence electrons. The summed E-state index contributed by atoms with van der Waals surface area (Å²) >= 11 is 0. The van der Waals surface area contributed by atoms with Gasteiger partial charge in [0.25, 0.3) is 0 Å². The van der Waals surface area contributed by atoms with Gasteiger partial charge < -0.3 is 19.9 Å². The standard InChI is InChI=1S/C33H48N2O4/c1-21(2)29-16-11-23(5)17-25(29)9-8-10-32(34-27-12-14-28(15-13-27)39-22(3)4)35-30-19-26(20-33(36)37)31(38-7)18-24(30)6/h12-15,18-19,21-23,25,29H,8-11,16-17,20H2,1-7H3,(H,34,35)(H,36,37)/t23-,25-,29+/m1/s1. The number of aryl methyl sites for hydroxylation is 1. The Bertz CT molecular complexity index is 1110. The molecule has 0 spiro atoms. The molecule has 1 aliphatic carbocycles. The molecular formula is C33H48N2O4. The summed E-state index contributed by atoms with van der Waals surface area (Å²) in [6.07, 6.45) is 7.08. The Balaban J connectivity index is 1.85. The molecule has 0 amide bonds. The number of benzene rings is 2. The molecule has 6 nitrogen and oxygen atoms in total. The minimum Gasteiger partial charge on any atom is -0.496 e. The molecular weight excluding hydrogens is 488 g/mol. The molecule has 2 N–H and O–H groups in total. The second-order valence-corrected chi connectivity index (χ2v) is 11.9. The Morgan fingerprint density at radius 1 is 1.13 bits per heavy atom. The number of nitrogens with one attached hydrogen (secondary N) is 1. The molecule has 1 aliphatic rings. The van der Waals surface area contributed by atoms with E-state index in [0.717, 1.165) is 65.0 Å². The summed E-state index contributed by atoms with van der Waals surface area (Å²) in [6.45, 7) is 13.2. The molecule has 1 fully saturated rings. The van der Waals surface area contributed by atoms with Gasteiger partial charge in [-0.25, -0.2) is 4.99 Å². The second kappa shape index (κ2) is 14.4. The fourth-order valence-corrected chi connectivity index (χ4v) is 5.94. The van der Waals surface area contributed by atoms with E-state index < -0.39 is 5.97 Å². The van der Waals surface area contributed by atoms with Crippen LogP contribution >= 0.6 is 0 Å². The van der Waals surface area contributed by atoms with Crippen molar-refractivity contribution in [2.75, 3.05) is 12.4 Å². The van der Waals surface area contributed by atoms with Gasteiger partial charge >= 0.3 is 5.97 Å². The number of anilines is 1.